The number of hydrogen-bond donors (Lipinski definition) is 4. The normalized spacial score (nSPS) is 11.4. The minimum atomic E-state index is -0.662. The van der Waals surface area contributed by atoms with Crippen LogP contribution in [0.25, 0.3) is 0 Å². The van der Waals surface area contributed by atoms with Crippen LogP contribution in [-0.4, -0.2) is 40.1 Å². The molecule has 4 N–H and O–H groups in total. The minimum absolute atomic E-state index is 0.0250. The molecule has 3 amide bonds. The molecule has 0 unspecified atom stereocenters. The van der Waals surface area contributed by atoms with Gasteiger partial charge in [-0.1, -0.05) is 38.3 Å². The molecule has 24 heavy (non-hydrogen) atoms. The summed E-state index contributed by atoms with van der Waals surface area (Å²) in [7, 11) is 0. The van der Waals surface area contributed by atoms with E-state index in [4.69, 9.17) is 0 Å². The Balaban J connectivity index is 2.61. The van der Waals surface area contributed by atoms with Crippen LogP contribution >= 0.6 is 0 Å². The van der Waals surface area contributed by atoms with E-state index in [0.29, 0.717) is 11.5 Å². The molecular weight excluding hydrogens is 314 g/mol. The molecular formula is C16H23N3O5. The van der Waals surface area contributed by atoms with E-state index in [1.165, 1.54) is 12.1 Å². The number of nitrogens with zero attached hydrogens (tertiary/aromatic N) is 1. The lowest BCUT2D eigenvalue weighted by Crippen LogP contribution is -2.46. The summed E-state index contributed by atoms with van der Waals surface area (Å²) in [6.45, 7) is 1.86. The fourth-order valence-corrected chi connectivity index (χ4v) is 2.17. The lowest BCUT2D eigenvalue weighted by molar-refractivity contribution is -0.154. The number of carbonyl (C=O) groups excluding carboxylic acids is 3. The molecule has 0 aliphatic rings. The minimum Gasteiger partial charge on any atom is -0.507 e. The second-order valence-electron chi connectivity index (χ2n) is 5.38. The van der Waals surface area contributed by atoms with E-state index in [-0.39, 0.29) is 24.3 Å². The molecule has 132 valence electrons. The lowest BCUT2D eigenvalue weighted by Gasteiger charge is -2.19. The van der Waals surface area contributed by atoms with E-state index in [0.717, 1.165) is 19.3 Å². The Morgan fingerprint density at radius 2 is 1.96 bits per heavy atom. The van der Waals surface area contributed by atoms with Crippen molar-refractivity contribution in [3.63, 3.8) is 0 Å². The summed E-state index contributed by atoms with van der Waals surface area (Å²) in [6.07, 6.45) is 3.34. The zero-order valence-corrected chi connectivity index (χ0v) is 13.6. The van der Waals surface area contributed by atoms with Gasteiger partial charge in [-0.2, -0.15) is 0 Å². The maximum Gasteiger partial charge on any atom is 0.273 e. The number of hydroxylamine groups is 2. The largest absolute Gasteiger partial charge is 0.507 e. The summed E-state index contributed by atoms with van der Waals surface area (Å²) in [6, 6.07) is 5.93. The van der Waals surface area contributed by atoms with Crippen LogP contribution in [0.1, 0.15) is 43.0 Å². The van der Waals surface area contributed by atoms with Crippen molar-refractivity contribution in [1.82, 2.24) is 15.9 Å². The first kappa shape index (κ1) is 19.4. The molecule has 1 atom stereocenters. The monoisotopic (exact) mass is 337 g/mol. The van der Waals surface area contributed by atoms with Crippen molar-refractivity contribution in [3.05, 3.63) is 29.8 Å². The first-order valence-electron chi connectivity index (χ1n) is 7.78. The molecule has 0 aliphatic heterocycles. The molecule has 0 spiro atoms. The van der Waals surface area contributed by atoms with Gasteiger partial charge in [-0.15, -0.1) is 0 Å². The number of phenolic OH excluding ortho intramolecular Hbond substituents is 1. The smallest absolute Gasteiger partial charge is 0.273 e. The van der Waals surface area contributed by atoms with Gasteiger partial charge in [0, 0.05) is 0 Å². The number of rotatable bonds is 9. The zero-order valence-electron chi connectivity index (χ0n) is 13.6. The molecule has 0 fully saturated rings. The molecule has 0 saturated heterocycles. The zero-order chi connectivity index (χ0) is 17.9. The van der Waals surface area contributed by atoms with Crippen molar-refractivity contribution in [2.24, 2.45) is 5.92 Å². The fraction of sp³-hybridized carbons (Fsp3) is 0.438. The number of nitrogens with one attached hydrogen (secondary N) is 2. The Hall–Kier alpha value is -2.61. The van der Waals surface area contributed by atoms with Gasteiger partial charge in [0.2, 0.25) is 12.3 Å². The van der Waals surface area contributed by atoms with Gasteiger partial charge in [-0.25, -0.2) is 5.06 Å². The molecule has 0 radical (unpaired) electrons. The number of aromatic hydroxyl groups is 1. The topological polar surface area (TPSA) is 119 Å². The Morgan fingerprint density at radius 3 is 2.58 bits per heavy atom. The molecule has 0 aliphatic carbocycles. The Bertz CT molecular complexity index is 564. The van der Waals surface area contributed by atoms with Crippen LogP contribution in [0.3, 0.4) is 0 Å². The van der Waals surface area contributed by atoms with Crippen LogP contribution in [0.2, 0.25) is 0 Å². The van der Waals surface area contributed by atoms with Crippen LogP contribution in [0.5, 0.6) is 5.75 Å². The maximum absolute atomic E-state index is 12.2. The Labute approximate surface area is 140 Å². The molecule has 1 aromatic carbocycles. The predicted molar refractivity (Wildman–Crippen MR) is 85.9 cm³/mol. The molecule has 1 rings (SSSR count). The lowest BCUT2D eigenvalue weighted by atomic mass is 10.0. The van der Waals surface area contributed by atoms with Crippen LogP contribution in [0.15, 0.2) is 24.3 Å². The van der Waals surface area contributed by atoms with E-state index >= 15 is 0 Å². The van der Waals surface area contributed by atoms with Crippen molar-refractivity contribution < 1.29 is 24.7 Å². The first-order valence-corrected chi connectivity index (χ1v) is 7.78. The fourth-order valence-electron chi connectivity index (χ4n) is 2.17. The molecule has 1 aromatic rings. The number of unbranched alkanes of at least 4 members (excludes halogenated alkanes) is 2. The quantitative estimate of drug-likeness (QED) is 0.234. The third-order valence-electron chi connectivity index (χ3n) is 3.50. The van der Waals surface area contributed by atoms with Crippen molar-refractivity contribution in [1.29, 1.82) is 0 Å². The molecule has 0 bridgehead atoms. The van der Waals surface area contributed by atoms with E-state index in [1.807, 2.05) is 6.92 Å². The Morgan fingerprint density at radius 1 is 1.25 bits per heavy atom. The highest BCUT2D eigenvalue weighted by Gasteiger charge is 2.21. The summed E-state index contributed by atoms with van der Waals surface area (Å²) < 4.78 is 0. The number of phenols is 1. The summed E-state index contributed by atoms with van der Waals surface area (Å²) in [5.74, 6) is -2.04. The van der Waals surface area contributed by atoms with Gasteiger partial charge in [0.15, 0.2) is 0 Å². The van der Waals surface area contributed by atoms with Crippen LogP contribution in [-0.2, 0) is 9.59 Å². The van der Waals surface area contributed by atoms with E-state index in [1.54, 1.807) is 12.1 Å². The van der Waals surface area contributed by atoms with Crippen LogP contribution < -0.4 is 10.9 Å². The third kappa shape index (κ3) is 6.25. The van der Waals surface area contributed by atoms with Crippen molar-refractivity contribution in [3.8, 4) is 5.75 Å². The number of carbonyl (C=O) groups is 3. The van der Waals surface area contributed by atoms with Gasteiger partial charge >= 0.3 is 0 Å². The van der Waals surface area contributed by atoms with E-state index < -0.39 is 17.7 Å². The van der Waals surface area contributed by atoms with Crippen molar-refractivity contribution >= 4 is 18.2 Å². The molecule has 0 aromatic heterocycles. The number of hydrogen-bond acceptors (Lipinski definition) is 5. The van der Waals surface area contributed by atoms with Gasteiger partial charge in [0.25, 0.3) is 5.91 Å². The second-order valence-corrected chi connectivity index (χ2v) is 5.38. The molecule has 0 saturated carbocycles. The van der Waals surface area contributed by atoms with E-state index in [9.17, 15) is 24.7 Å². The second kappa shape index (κ2) is 10.2. The number of amides is 3. The third-order valence-corrected chi connectivity index (χ3v) is 3.50. The predicted octanol–water partition coefficient (Wildman–Crippen LogP) is 1.20. The Kier molecular flexibility index (Phi) is 8.28. The van der Waals surface area contributed by atoms with Crippen molar-refractivity contribution in [2.45, 2.75) is 32.6 Å². The van der Waals surface area contributed by atoms with E-state index in [2.05, 4.69) is 10.9 Å². The molecule has 0 heterocycles. The maximum atomic E-state index is 12.2. The summed E-state index contributed by atoms with van der Waals surface area (Å²) in [5.41, 5.74) is 4.50. The van der Waals surface area contributed by atoms with Gasteiger partial charge in [-0.3, -0.25) is 30.4 Å². The van der Waals surface area contributed by atoms with Crippen LogP contribution in [0.4, 0.5) is 0 Å². The van der Waals surface area contributed by atoms with Gasteiger partial charge < -0.3 is 5.11 Å². The standard InChI is InChI=1S/C16H23N3O5/c1-2-3-4-7-12(10-19(24)11-20)15(22)17-18-16(23)13-8-5-6-9-14(13)21/h5-6,8-9,11-12,21,24H,2-4,7,10H2,1H3,(H,17,22)(H,18,23)/t12-/m1/s1. The average Bonchev–Trinajstić information content (AvgIpc) is 2.58. The van der Waals surface area contributed by atoms with Crippen molar-refractivity contribution in [2.75, 3.05) is 6.54 Å². The SMILES string of the molecule is CCCCC[C@H](CN(O)C=O)C(=O)NNC(=O)c1ccccc1O. The summed E-state index contributed by atoms with van der Waals surface area (Å²) >= 11 is 0. The number of benzene rings is 1. The van der Waals surface area contributed by atoms with Gasteiger partial charge in [0.05, 0.1) is 18.0 Å². The molecule has 8 heteroatoms. The number of hydrazine groups is 1. The summed E-state index contributed by atoms with van der Waals surface area (Å²) in [5, 5.41) is 19.3. The highest BCUT2D eigenvalue weighted by Crippen LogP contribution is 2.15. The first-order chi connectivity index (χ1) is 11.5. The van der Waals surface area contributed by atoms with Gasteiger partial charge in [-0.05, 0) is 18.6 Å². The van der Waals surface area contributed by atoms with Gasteiger partial charge in [0.1, 0.15) is 5.75 Å². The highest BCUT2D eigenvalue weighted by molar-refractivity contribution is 5.97. The highest BCUT2D eigenvalue weighted by atomic mass is 16.5. The molecule has 8 nitrogen and oxygen atoms in total. The summed E-state index contributed by atoms with van der Waals surface area (Å²) in [4.78, 5) is 34.6. The number of para-hydroxylation sites is 1. The van der Waals surface area contributed by atoms with Crippen LogP contribution in [0, 0.1) is 5.92 Å². The average molecular weight is 337 g/mol.